The van der Waals surface area contributed by atoms with Gasteiger partial charge >= 0.3 is 0 Å². The predicted octanol–water partition coefficient (Wildman–Crippen LogP) is 3.73. The smallest absolute Gasteiger partial charge is 0.239 e. The molecule has 2 rings (SSSR count). The number of amides is 1. The van der Waals surface area contributed by atoms with Crippen LogP contribution in [0.15, 0.2) is 0 Å². The van der Waals surface area contributed by atoms with Gasteiger partial charge in [0.2, 0.25) is 5.91 Å². The summed E-state index contributed by atoms with van der Waals surface area (Å²) in [5, 5.41) is 0. The van der Waals surface area contributed by atoms with E-state index in [9.17, 15) is 4.79 Å². The van der Waals surface area contributed by atoms with Crippen LogP contribution in [0.5, 0.6) is 0 Å². The average molecular weight is 302 g/mol. The van der Waals surface area contributed by atoms with Crippen LogP contribution in [0.3, 0.4) is 0 Å². The molecule has 98 valence electrons. The summed E-state index contributed by atoms with van der Waals surface area (Å²) >= 11 is 3.51. The highest BCUT2D eigenvalue weighted by molar-refractivity contribution is 9.10. The van der Waals surface area contributed by atoms with Gasteiger partial charge < -0.3 is 4.90 Å². The highest BCUT2D eigenvalue weighted by Gasteiger charge is 2.39. The van der Waals surface area contributed by atoms with Gasteiger partial charge in [-0.05, 0) is 45.4 Å². The summed E-state index contributed by atoms with van der Waals surface area (Å²) in [6, 6.07) is 0.527. The second-order valence-electron chi connectivity index (χ2n) is 6.08. The van der Waals surface area contributed by atoms with Crippen molar-refractivity contribution in [2.24, 2.45) is 5.92 Å². The first-order chi connectivity index (χ1) is 8.00. The summed E-state index contributed by atoms with van der Waals surface area (Å²) < 4.78 is -0.399. The molecule has 0 bridgehead atoms. The fourth-order valence-corrected chi connectivity index (χ4v) is 3.62. The third kappa shape index (κ3) is 3.04. The Labute approximate surface area is 113 Å². The molecule has 1 heterocycles. The summed E-state index contributed by atoms with van der Waals surface area (Å²) in [6.07, 6.45) is 9.19. The topological polar surface area (TPSA) is 20.3 Å². The maximum Gasteiger partial charge on any atom is 0.239 e. The molecule has 1 amide bonds. The number of likely N-dealkylation sites (tertiary alicyclic amines) is 1. The van der Waals surface area contributed by atoms with E-state index in [1.54, 1.807) is 0 Å². The number of halogens is 1. The van der Waals surface area contributed by atoms with Crippen molar-refractivity contribution in [1.82, 2.24) is 4.90 Å². The lowest BCUT2D eigenvalue weighted by Gasteiger charge is -2.36. The van der Waals surface area contributed by atoms with Crippen molar-refractivity contribution in [3.63, 3.8) is 0 Å². The fourth-order valence-electron chi connectivity index (χ4n) is 3.40. The van der Waals surface area contributed by atoms with Crippen LogP contribution in [0.4, 0.5) is 0 Å². The molecular formula is C14H24BrNO. The van der Waals surface area contributed by atoms with Gasteiger partial charge in [-0.2, -0.15) is 0 Å². The van der Waals surface area contributed by atoms with Crippen LogP contribution in [0.25, 0.3) is 0 Å². The van der Waals surface area contributed by atoms with E-state index < -0.39 is 4.32 Å². The van der Waals surface area contributed by atoms with Crippen molar-refractivity contribution in [3.8, 4) is 0 Å². The van der Waals surface area contributed by atoms with Gasteiger partial charge in [-0.15, -0.1) is 0 Å². The van der Waals surface area contributed by atoms with Gasteiger partial charge in [0.05, 0.1) is 4.32 Å². The van der Waals surface area contributed by atoms with E-state index in [2.05, 4.69) is 20.8 Å². The fraction of sp³-hybridized carbons (Fsp3) is 0.929. The molecule has 0 aromatic rings. The Morgan fingerprint density at radius 2 is 1.76 bits per heavy atom. The van der Waals surface area contributed by atoms with Gasteiger partial charge in [0.15, 0.2) is 0 Å². The lowest BCUT2D eigenvalue weighted by Crippen LogP contribution is -2.47. The van der Waals surface area contributed by atoms with Crippen LogP contribution in [-0.4, -0.2) is 27.7 Å². The Hall–Kier alpha value is -0.0500. The molecular weight excluding hydrogens is 278 g/mol. The predicted molar refractivity (Wildman–Crippen MR) is 74.3 cm³/mol. The van der Waals surface area contributed by atoms with Gasteiger partial charge in [-0.1, -0.05) is 35.2 Å². The SMILES string of the molecule is CC(C)(Br)C(=O)N1CCCC1C1CCCCC1. The molecule has 2 nitrogen and oxygen atoms in total. The van der Waals surface area contributed by atoms with Crippen molar-refractivity contribution in [1.29, 1.82) is 0 Å². The monoisotopic (exact) mass is 301 g/mol. The van der Waals surface area contributed by atoms with E-state index in [0.717, 1.165) is 12.5 Å². The van der Waals surface area contributed by atoms with Gasteiger partial charge in [0, 0.05) is 12.6 Å². The second kappa shape index (κ2) is 5.29. The Balaban J connectivity index is 2.04. The highest BCUT2D eigenvalue weighted by atomic mass is 79.9. The van der Waals surface area contributed by atoms with Crippen molar-refractivity contribution in [2.75, 3.05) is 6.54 Å². The third-order valence-electron chi connectivity index (χ3n) is 4.26. The number of hydrogen-bond donors (Lipinski definition) is 0. The standard InChI is InChI=1S/C14H24BrNO/c1-14(2,15)13(17)16-10-6-9-12(16)11-7-4-3-5-8-11/h11-12H,3-10H2,1-2H3. The quantitative estimate of drug-likeness (QED) is 0.712. The minimum Gasteiger partial charge on any atom is -0.338 e. The molecule has 1 saturated carbocycles. The number of hydrogen-bond acceptors (Lipinski definition) is 1. The summed E-state index contributed by atoms with van der Waals surface area (Å²) in [4.78, 5) is 14.6. The van der Waals surface area contributed by atoms with E-state index in [-0.39, 0.29) is 5.91 Å². The maximum absolute atomic E-state index is 12.4. The number of carbonyl (C=O) groups is 1. The van der Waals surface area contributed by atoms with Gasteiger partial charge in [-0.25, -0.2) is 0 Å². The molecule has 0 N–H and O–H groups in total. The average Bonchev–Trinajstić information content (AvgIpc) is 2.76. The zero-order valence-electron chi connectivity index (χ0n) is 11.0. The number of rotatable bonds is 2. The number of nitrogens with zero attached hydrogens (tertiary/aromatic N) is 1. The third-order valence-corrected chi connectivity index (χ3v) is 4.60. The van der Waals surface area contributed by atoms with Crippen molar-refractivity contribution in [3.05, 3.63) is 0 Å². The zero-order chi connectivity index (χ0) is 12.5. The van der Waals surface area contributed by atoms with Crippen LogP contribution in [0.1, 0.15) is 58.8 Å². The molecule has 0 aromatic heterocycles. The number of alkyl halides is 1. The van der Waals surface area contributed by atoms with E-state index in [1.807, 2.05) is 13.8 Å². The minimum absolute atomic E-state index is 0.283. The Morgan fingerprint density at radius 3 is 2.35 bits per heavy atom. The van der Waals surface area contributed by atoms with Gasteiger partial charge in [0.1, 0.15) is 0 Å². The van der Waals surface area contributed by atoms with E-state index in [1.165, 1.54) is 44.9 Å². The summed E-state index contributed by atoms with van der Waals surface area (Å²) in [5.41, 5.74) is 0. The van der Waals surface area contributed by atoms with E-state index in [4.69, 9.17) is 0 Å². The normalized spacial score (nSPS) is 27.5. The summed E-state index contributed by atoms with van der Waals surface area (Å²) in [7, 11) is 0. The van der Waals surface area contributed by atoms with E-state index in [0.29, 0.717) is 6.04 Å². The lowest BCUT2D eigenvalue weighted by atomic mass is 9.83. The molecule has 0 spiro atoms. The van der Waals surface area contributed by atoms with Crippen molar-refractivity contribution in [2.45, 2.75) is 69.2 Å². The Kier molecular flexibility index (Phi) is 4.17. The molecule has 1 aliphatic heterocycles. The van der Waals surface area contributed by atoms with Crippen LogP contribution in [0.2, 0.25) is 0 Å². The molecule has 1 atom stereocenters. The maximum atomic E-state index is 12.4. The molecule has 1 aliphatic carbocycles. The first-order valence-electron chi connectivity index (χ1n) is 7.00. The van der Waals surface area contributed by atoms with Gasteiger partial charge in [-0.3, -0.25) is 4.79 Å². The Bertz CT molecular complexity index is 278. The van der Waals surface area contributed by atoms with Crippen LogP contribution in [-0.2, 0) is 4.79 Å². The molecule has 17 heavy (non-hydrogen) atoms. The summed E-state index contributed by atoms with van der Waals surface area (Å²) in [6.45, 7) is 4.90. The molecule has 2 aliphatic rings. The summed E-state index contributed by atoms with van der Waals surface area (Å²) in [5.74, 6) is 1.05. The minimum atomic E-state index is -0.399. The molecule has 2 fully saturated rings. The molecule has 0 radical (unpaired) electrons. The van der Waals surface area contributed by atoms with E-state index >= 15 is 0 Å². The first-order valence-corrected chi connectivity index (χ1v) is 7.79. The molecule has 3 heteroatoms. The Morgan fingerprint density at radius 1 is 1.12 bits per heavy atom. The molecule has 1 unspecified atom stereocenters. The molecule has 1 saturated heterocycles. The largest absolute Gasteiger partial charge is 0.338 e. The van der Waals surface area contributed by atoms with Crippen molar-refractivity contribution < 1.29 is 4.79 Å². The van der Waals surface area contributed by atoms with Crippen LogP contribution >= 0.6 is 15.9 Å². The zero-order valence-corrected chi connectivity index (χ0v) is 12.6. The highest BCUT2D eigenvalue weighted by Crippen LogP contribution is 2.36. The lowest BCUT2D eigenvalue weighted by molar-refractivity contribution is -0.134. The van der Waals surface area contributed by atoms with Crippen LogP contribution < -0.4 is 0 Å². The van der Waals surface area contributed by atoms with Crippen molar-refractivity contribution >= 4 is 21.8 Å². The molecule has 0 aromatic carbocycles. The number of carbonyl (C=O) groups excluding carboxylic acids is 1. The first kappa shape index (κ1) is 13.4. The van der Waals surface area contributed by atoms with Crippen LogP contribution in [0, 0.1) is 5.92 Å². The second-order valence-corrected chi connectivity index (χ2v) is 8.06. The van der Waals surface area contributed by atoms with Gasteiger partial charge in [0.25, 0.3) is 0 Å².